The number of benzene rings is 2. The molecule has 1 N–H and O–H groups in total. The molecule has 3 rings (SSSR count). The summed E-state index contributed by atoms with van der Waals surface area (Å²) in [7, 11) is 1.66. The smallest absolute Gasteiger partial charge is 0.260 e. The van der Waals surface area contributed by atoms with Crippen molar-refractivity contribution >= 4 is 23.2 Å². The molecule has 1 aliphatic heterocycles. The van der Waals surface area contributed by atoms with Crippen LogP contribution in [-0.2, 0) is 4.79 Å². The number of nitrogens with one attached hydrogen (secondary N) is 1. The van der Waals surface area contributed by atoms with E-state index in [1.807, 2.05) is 41.3 Å². The van der Waals surface area contributed by atoms with Crippen LogP contribution in [-0.4, -0.2) is 43.7 Å². The number of ether oxygens (including phenoxy) is 2. The van der Waals surface area contributed by atoms with Crippen LogP contribution in [0.15, 0.2) is 48.5 Å². The van der Waals surface area contributed by atoms with E-state index in [2.05, 4.69) is 5.32 Å². The van der Waals surface area contributed by atoms with Gasteiger partial charge in [-0.25, -0.2) is 0 Å². The number of carbonyl (C=O) groups is 1. The Bertz CT molecular complexity index is 745. The van der Waals surface area contributed by atoms with Crippen molar-refractivity contribution in [3.05, 3.63) is 53.6 Å². The Hall–Kier alpha value is -2.40. The predicted octanol–water partition coefficient (Wildman–Crippen LogP) is 3.83. The largest absolute Gasteiger partial charge is 0.497 e. The van der Waals surface area contributed by atoms with E-state index in [1.54, 1.807) is 19.2 Å². The summed E-state index contributed by atoms with van der Waals surface area (Å²) in [4.78, 5) is 14.2. The van der Waals surface area contributed by atoms with E-state index in [1.165, 1.54) is 0 Å². The zero-order valence-corrected chi connectivity index (χ0v) is 15.5. The van der Waals surface area contributed by atoms with E-state index in [-0.39, 0.29) is 12.5 Å². The van der Waals surface area contributed by atoms with Gasteiger partial charge in [-0.05, 0) is 37.1 Å². The number of hydrogen-bond acceptors (Lipinski definition) is 4. The van der Waals surface area contributed by atoms with Gasteiger partial charge < -0.3 is 19.7 Å². The minimum absolute atomic E-state index is 0.00949. The van der Waals surface area contributed by atoms with Crippen molar-refractivity contribution in [3.8, 4) is 11.5 Å². The number of nitrogens with zero attached hydrogens (tertiary/aromatic N) is 1. The summed E-state index contributed by atoms with van der Waals surface area (Å²) in [5.74, 6) is 1.36. The number of anilines is 1. The maximum atomic E-state index is 12.4. The minimum Gasteiger partial charge on any atom is -0.497 e. The summed E-state index contributed by atoms with van der Waals surface area (Å²) in [6.45, 7) is 1.44. The molecule has 0 bridgehead atoms. The number of rotatable bonds is 6. The average molecular weight is 375 g/mol. The van der Waals surface area contributed by atoms with E-state index >= 15 is 0 Å². The molecule has 2 aromatic carbocycles. The van der Waals surface area contributed by atoms with Crippen molar-refractivity contribution in [3.63, 3.8) is 0 Å². The van der Waals surface area contributed by atoms with E-state index in [9.17, 15) is 4.79 Å². The molecule has 0 unspecified atom stereocenters. The molecule has 138 valence electrons. The Kier molecular flexibility index (Phi) is 6.23. The molecule has 26 heavy (non-hydrogen) atoms. The van der Waals surface area contributed by atoms with Crippen LogP contribution in [0.25, 0.3) is 0 Å². The van der Waals surface area contributed by atoms with Gasteiger partial charge in [0.2, 0.25) is 0 Å². The molecular weight excluding hydrogens is 352 g/mol. The van der Waals surface area contributed by atoms with Gasteiger partial charge in [0.1, 0.15) is 11.5 Å². The van der Waals surface area contributed by atoms with Crippen LogP contribution >= 0.6 is 11.6 Å². The second kappa shape index (κ2) is 8.81. The third-order valence-corrected chi connectivity index (χ3v) is 4.79. The molecule has 1 aliphatic rings. The van der Waals surface area contributed by atoms with Crippen LogP contribution < -0.4 is 14.8 Å². The molecule has 1 saturated heterocycles. The lowest BCUT2D eigenvalue weighted by Gasteiger charge is -2.33. The number of likely N-dealkylation sites (tertiary alicyclic amines) is 1. The Balaban J connectivity index is 1.45. The lowest BCUT2D eigenvalue weighted by atomic mass is 10.0. The normalized spacial score (nSPS) is 14.8. The van der Waals surface area contributed by atoms with E-state index < -0.39 is 0 Å². The highest BCUT2D eigenvalue weighted by Gasteiger charge is 2.23. The van der Waals surface area contributed by atoms with Gasteiger partial charge in [0.05, 0.1) is 12.1 Å². The summed E-state index contributed by atoms with van der Waals surface area (Å²) < 4.78 is 10.8. The first-order chi connectivity index (χ1) is 12.7. The fourth-order valence-corrected chi connectivity index (χ4v) is 3.20. The number of halogens is 1. The van der Waals surface area contributed by atoms with Crippen LogP contribution in [0, 0.1) is 0 Å². The Morgan fingerprint density at radius 1 is 1.19 bits per heavy atom. The van der Waals surface area contributed by atoms with Crippen molar-refractivity contribution in [2.45, 2.75) is 18.9 Å². The molecule has 0 saturated carbocycles. The maximum Gasteiger partial charge on any atom is 0.260 e. The summed E-state index contributed by atoms with van der Waals surface area (Å²) >= 11 is 6.04. The molecule has 2 aromatic rings. The van der Waals surface area contributed by atoms with Crippen molar-refractivity contribution in [1.29, 1.82) is 0 Å². The van der Waals surface area contributed by atoms with Gasteiger partial charge in [0.15, 0.2) is 6.61 Å². The van der Waals surface area contributed by atoms with E-state index in [0.717, 1.165) is 24.3 Å². The van der Waals surface area contributed by atoms with Gasteiger partial charge in [-0.3, -0.25) is 4.79 Å². The minimum atomic E-state index is -0.00949. The molecule has 0 radical (unpaired) electrons. The van der Waals surface area contributed by atoms with Crippen molar-refractivity contribution in [2.24, 2.45) is 0 Å². The van der Waals surface area contributed by atoms with Gasteiger partial charge in [-0.15, -0.1) is 0 Å². The molecule has 1 amide bonds. The fraction of sp³-hybridized carbons (Fsp3) is 0.350. The van der Waals surface area contributed by atoms with Crippen molar-refractivity contribution in [2.75, 3.05) is 32.1 Å². The predicted molar refractivity (Wildman–Crippen MR) is 103 cm³/mol. The van der Waals surface area contributed by atoms with Crippen LogP contribution in [0.3, 0.4) is 0 Å². The summed E-state index contributed by atoms with van der Waals surface area (Å²) in [5.41, 5.74) is 1.04. The highest BCUT2D eigenvalue weighted by molar-refractivity contribution is 6.32. The lowest BCUT2D eigenvalue weighted by molar-refractivity contribution is -0.134. The number of piperidine rings is 1. The fourth-order valence-electron chi connectivity index (χ4n) is 3.01. The SMILES string of the molecule is COc1cccc(NC2CCN(C(=O)COc3ccccc3Cl)CC2)c1. The molecule has 5 nitrogen and oxygen atoms in total. The van der Waals surface area contributed by atoms with Gasteiger partial charge in [-0.1, -0.05) is 29.8 Å². The number of para-hydroxylation sites is 1. The number of amides is 1. The van der Waals surface area contributed by atoms with E-state index in [4.69, 9.17) is 21.1 Å². The molecule has 0 atom stereocenters. The van der Waals surface area contributed by atoms with Crippen molar-refractivity contribution < 1.29 is 14.3 Å². The maximum absolute atomic E-state index is 12.4. The molecule has 6 heteroatoms. The highest BCUT2D eigenvalue weighted by atomic mass is 35.5. The molecular formula is C20H23ClN2O3. The van der Waals surface area contributed by atoms with Crippen LogP contribution in [0.1, 0.15) is 12.8 Å². The number of hydrogen-bond donors (Lipinski definition) is 1. The second-order valence-electron chi connectivity index (χ2n) is 6.25. The van der Waals surface area contributed by atoms with Crippen LogP contribution in [0.2, 0.25) is 5.02 Å². The van der Waals surface area contributed by atoms with Gasteiger partial charge in [0, 0.05) is 30.9 Å². The second-order valence-corrected chi connectivity index (χ2v) is 6.66. The third kappa shape index (κ3) is 4.82. The third-order valence-electron chi connectivity index (χ3n) is 4.48. The van der Waals surface area contributed by atoms with Gasteiger partial charge in [-0.2, -0.15) is 0 Å². The van der Waals surface area contributed by atoms with Gasteiger partial charge >= 0.3 is 0 Å². The molecule has 0 spiro atoms. The van der Waals surface area contributed by atoms with Crippen LogP contribution in [0.5, 0.6) is 11.5 Å². The summed E-state index contributed by atoms with van der Waals surface area (Å²) in [6, 6.07) is 15.4. The lowest BCUT2D eigenvalue weighted by Crippen LogP contribution is -2.44. The molecule has 0 aromatic heterocycles. The summed E-state index contributed by atoms with van der Waals surface area (Å²) in [6.07, 6.45) is 1.80. The van der Waals surface area contributed by atoms with E-state index in [0.29, 0.717) is 29.9 Å². The van der Waals surface area contributed by atoms with Gasteiger partial charge in [0.25, 0.3) is 5.91 Å². The Morgan fingerprint density at radius 2 is 1.96 bits per heavy atom. The first kappa shape index (κ1) is 18.4. The zero-order valence-electron chi connectivity index (χ0n) is 14.8. The summed E-state index contributed by atoms with van der Waals surface area (Å²) in [5, 5.41) is 4.03. The number of methoxy groups -OCH3 is 1. The Morgan fingerprint density at radius 3 is 2.69 bits per heavy atom. The monoisotopic (exact) mass is 374 g/mol. The zero-order chi connectivity index (χ0) is 18.4. The molecule has 1 heterocycles. The number of carbonyl (C=O) groups excluding carboxylic acids is 1. The average Bonchev–Trinajstić information content (AvgIpc) is 2.68. The van der Waals surface area contributed by atoms with Crippen molar-refractivity contribution in [1.82, 2.24) is 4.90 Å². The molecule has 1 fully saturated rings. The topological polar surface area (TPSA) is 50.8 Å². The first-order valence-electron chi connectivity index (χ1n) is 8.71. The highest BCUT2D eigenvalue weighted by Crippen LogP contribution is 2.24. The Labute approximate surface area is 158 Å². The quantitative estimate of drug-likeness (QED) is 0.834. The first-order valence-corrected chi connectivity index (χ1v) is 9.09. The molecule has 0 aliphatic carbocycles. The standard InChI is InChI=1S/C20H23ClN2O3/c1-25-17-6-4-5-16(13-17)22-15-9-11-23(12-10-15)20(24)14-26-19-8-3-2-7-18(19)21/h2-8,13,15,22H,9-12,14H2,1H3. The van der Waals surface area contributed by atoms with Crippen LogP contribution in [0.4, 0.5) is 5.69 Å².